The molecule has 1 aliphatic heterocycles. The van der Waals surface area contributed by atoms with Gasteiger partial charge in [-0.05, 0) is 37.3 Å². The van der Waals surface area contributed by atoms with Gasteiger partial charge in [-0.25, -0.2) is 8.78 Å². The maximum Gasteiger partial charge on any atom is 0.256 e. The molecule has 0 aromatic heterocycles. The molecule has 1 aromatic carbocycles. The van der Waals surface area contributed by atoms with Crippen LogP contribution in [0.4, 0.5) is 8.78 Å². The predicted octanol–water partition coefficient (Wildman–Crippen LogP) is 3.36. The Morgan fingerprint density at radius 3 is 2.84 bits per heavy atom. The van der Waals surface area contributed by atoms with E-state index in [0.717, 1.165) is 18.9 Å². The third-order valence-corrected chi connectivity index (χ3v) is 3.79. The van der Waals surface area contributed by atoms with Crippen LogP contribution < -0.4 is 0 Å². The summed E-state index contributed by atoms with van der Waals surface area (Å²) in [5.41, 5.74) is 0.228. The van der Waals surface area contributed by atoms with Gasteiger partial charge in [-0.15, -0.1) is 11.6 Å². The molecule has 1 amide bonds. The summed E-state index contributed by atoms with van der Waals surface area (Å²) in [5, 5.41) is 0. The highest BCUT2D eigenvalue weighted by Gasteiger charge is 2.28. The number of carbonyl (C=O) groups is 1. The molecule has 0 saturated carbocycles. The van der Waals surface area contributed by atoms with Crippen LogP contribution in [0.15, 0.2) is 12.1 Å². The Morgan fingerprint density at radius 2 is 2.16 bits per heavy atom. The van der Waals surface area contributed by atoms with Crippen molar-refractivity contribution in [3.63, 3.8) is 0 Å². The van der Waals surface area contributed by atoms with Crippen molar-refractivity contribution >= 4 is 17.5 Å². The number of rotatable bonds is 3. The number of halogens is 3. The lowest BCUT2D eigenvalue weighted by atomic mass is 10.1. The minimum absolute atomic E-state index is 0.0505. The summed E-state index contributed by atoms with van der Waals surface area (Å²) in [6.45, 7) is 2.73. The first-order valence-corrected chi connectivity index (χ1v) is 6.87. The van der Waals surface area contributed by atoms with Crippen LogP contribution in [-0.4, -0.2) is 29.8 Å². The fourth-order valence-electron chi connectivity index (χ4n) is 2.40. The third kappa shape index (κ3) is 3.06. The van der Waals surface area contributed by atoms with E-state index < -0.39 is 11.6 Å². The molecule has 19 heavy (non-hydrogen) atoms. The van der Waals surface area contributed by atoms with Gasteiger partial charge in [0.25, 0.3) is 5.91 Å². The second-order valence-corrected chi connectivity index (χ2v) is 5.34. The number of hydrogen-bond acceptors (Lipinski definition) is 1. The summed E-state index contributed by atoms with van der Waals surface area (Å²) in [6.07, 6.45) is 1.75. The van der Waals surface area contributed by atoms with Crippen molar-refractivity contribution in [2.75, 3.05) is 19.0 Å². The minimum atomic E-state index is -0.797. The van der Waals surface area contributed by atoms with E-state index in [9.17, 15) is 13.6 Å². The largest absolute Gasteiger partial charge is 0.338 e. The first-order chi connectivity index (χ1) is 9.02. The van der Waals surface area contributed by atoms with Gasteiger partial charge >= 0.3 is 0 Å². The van der Waals surface area contributed by atoms with E-state index in [0.29, 0.717) is 24.9 Å². The molecule has 1 atom stereocenters. The lowest BCUT2D eigenvalue weighted by Gasteiger charge is -2.17. The van der Waals surface area contributed by atoms with Gasteiger partial charge in [-0.2, -0.15) is 0 Å². The van der Waals surface area contributed by atoms with Gasteiger partial charge < -0.3 is 4.90 Å². The molecular formula is C14H16ClF2NO. The number of hydrogen-bond donors (Lipinski definition) is 0. The maximum atomic E-state index is 13.7. The zero-order valence-electron chi connectivity index (χ0n) is 10.8. The van der Waals surface area contributed by atoms with Crippen LogP contribution in [0, 0.1) is 24.5 Å². The van der Waals surface area contributed by atoms with Gasteiger partial charge in [0.1, 0.15) is 11.6 Å². The molecule has 1 heterocycles. The second-order valence-electron chi connectivity index (χ2n) is 4.96. The van der Waals surface area contributed by atoms with Crippen LogP contribution in [0.1, 0.15) is 28.8 Å². The highest BCUT2D eigenvalue weighted by molar-refractivity contribution is 6.17. The fraction of sp³-hybridized carbons (Fsp3) is 0.500. The van der Waals surface area contributed by atoms with Gasteiger partial charge in [0.15, 0.2) is 0 Å². The third-order valence-electron chi connectivity index (χ3n) is 3.57. The molecule has 1 aliphatic rings. The molecule has 1 aromatic rings. The fourth-order valence-corrected chi connectivity index (χ4v) is 2.71. The van der Waals surface area contributed by atoms with Crippen molar-refractivity contribution in [2.45, 2.75) is 19.8 Å². The molecular weight excluding hydrogens is 272 g/mol. The van der Waals surface area contributed by atoms with Crippen LogP contribution in [-0.2, 0) is 0 Å². The Labute approximate surface area is 116 Å². The molecule has 1 saturated heterocycles. The second kappa shape index (κ2) is 5.87. The molecule has 2 nitrogen and oxygen atoms in total. The van der Waals surface area contributed by atoms with Crippen molar-refractivity contribution in [3.8, 4) is 0 Å². The van der Waals surface area contributed by atoms with Crippen molar-refractivity contribution < 1.29 is 13.6 Å². The lowest BCUT2D eigenvalue weighted by molar-refractivity contribution is 0.0782. The normalized spacial score (nSPS) is 18.9. The van der Waals surface area contributed by atoms with E-state index in [1.807, 2.05) is 0 Å². The van der Waals surface area contributed by atoms with E-state index >= 15 is 0 Å². The molecule has 0 aliphatic carbocycles. The molecule has 5 heteroatoms. The van der Waals surface area contributed by atoms with Gasteiger partial charge in [0.2, 0.25) is 0 Å². The molecule has 0 bridgehead atoms. The smallest absolute Gasteiger partial charge is 0.256 e. The Morgan fingerprint density at radius 1 is 1.42 bits per heavy atom. The zero-order chi connectivity index (χ0) is 14.0. The molecule has 0 radical (unpaired) electrons. The standard InChI is InChI=1S/C14H16ClF2NO/c1-9-6-11(13(17)7-12(9)16)14(19)18-5-3-10(8-18)2-4-15/h6-7,10H,2-5,8H2,1H3. The molecule has 1 fully saturated rings. The summed E-state index contributed by atoms with van der Waals surface area (Å²) < 4.78 is 26.9. The number of carbonyl (C=O) groups excluding carboxylic acids is 1. The van der Waals surface area contributed by atoms with Crippen LogP contribution in [0.25, 0.3) is 0 Å². The van der Waals surface area contributed by atoms with Crippen LogP contribution in [0.3, 0.4) is 0 Å². The number of benzene rings is 1. The summed E-state index contributed by atoms with van der Waals surface area (Å²) in [5.74, 6) is -0.843. The SMILES string of the molecule is Cc1cc(C(=O)N2CCC(CCCl)C2)c(F)cc1F. The molecule has 0 N–H and O–H groups in total. The number of nitrogens with zero attached hydrogens (tertiary/aromatic N) is 1. The Bertz CT molecular complexity index is 493. The topological polar surface area (TPSA) is 20.3 Å². The first kappa shape index (κ1) is 14.3. The Hall–Kier alpha value is -1.16. The van der Waals surface area contributed by atoms with Gasteiger partial charge in [-0.1, -0.05) is 0 Å². The molecule has 0 spiro atoms. The van der Waals surface area contributed by atoms with E-state index in [-0.39, 0.29) is 17.0 Å². The molecule has 1 unspecified atom stereocenters. The van der Waals surface area contributed by atoms with E-state index in [4.69, 9.17) is 11.6 Å². The average Bonchev–Trinajstić information content (AvgIpc) is 2.82. The van der Waals surface area contributed by atoms with Crippen molar-refractivity contribution in [1.29, 1.82) is 0 Å². The summed E-state index contributed by atoms with van der Waals surface area (Å²) >= 11 is 5.68. The van der Waals surface area contributed by atoms with Crippen molar-refractivity contribution in [3.05, 3.63) is 34.9 Å². The van der Waals surface area contributed by atoms with Crippen LogP contribution in [0.2, 0.25) is 0 Å². The van der Waals surface area contributed by atoms with E-state index in [1.54, 1.807) is 4.90 Å². The Balaban J connectivity index is 2.15. The van der Waals surface area contributed by atoms with Crippen molar-refractivity contribution in [1.82, 2.24) is 4.90 Å². The van der Waals surface area contributed by atoms with E-state index in [1.165, 1.54) is 13.0 Å². The highest BCUT2D eigenvalue weighted by Crippen LogP contribution is 2.23. The number of aryl methyl sites for hydroxylation is 1. The summed E-state index contributed by atoms with van der Waals surface area (Å²) in [4.78, 5) is 13.8. The van der Waals surface area contributed by atoms with Crippen LogP contribution >= 0.6 is 11.6 Å². The quantitative estimate of drug-likeness (QED) is 0.781. The maximum absolute atomic E-state index is 13.7. The summed E-state index contributed by atoms with van der Waals surface area (Å²) in [6, 6.07) is 2.05. The minimum Gasteiger partial charge on any atom is -0.338 e. The van der Waals surface area contributed by atoms with E-state index in [2.05, 4.69) is 0 Å². The number of alkyl halides is 1. The predicted molar refractivity (Wildman–Crippen MR) is 70.4 cm³/mol. The highest BCUT2D eigenvalue weighted by atomic mass is 35.5. The number of amides is 1. The molecule has 2 rings (SSSR count). The first-order valence-electron chi connectivity index (χ1n) is 6.33. The monoisotopic (exact) mass is 287 g/mol. The van der Waals surface area contributed by atoms with Crippen LogP contribution in [0.5, 0.6) is 0 Å². The average molecular weight is 288 g/mol. The van der Waals surface area contributed by atoms with Gasteiger partial charge in [0, 0.05) is 25.0 Å². The van der Waals surface area contributed by atoms with Crippen molar-refractivity contribution in [2.24, 2.45) is 5.92 Å². The van der Waals surface area contributed by atoms with Gasteiger partial charge in [0.05, 0.1) is 5.56 Å². The lowest BCUT2D eigenvalue weighted by Crippen LogP contribution is -2.29. The van der Waals surface area contributed by atoms with Gasteiger partial charge in [-0.3, -0.25) is 4.79 Å². The molecule has 104 valence electrons. The Kier molecular flexibility index (Phi) is 4.40. The number of likely N-dealkylation sites (tertiary alicyclic amines) is 1. The zero-order valence-corrected chi connectivity index (χ0v) is 11.5. The summed E-state index contributed by atoms with van der Waals surface area (Å²) in [7, 11) is 0.